The van der Waals surface area contributed by atoms with Gasteiger partial charge >= 0.3 is 6.18 Å². The van der Waals surface area contributed by atoms with Gasteiger partial charge in [-0.25, -0.2) is 4.98 Å². The van der Waals surface area contributed by atoms with Gasteiger partial charge in [-0.05, 0) is 36.8 Å². The number of aromatic nitrogens is 3. The molecule has 4 aromatic rings. The Hall–Kier alpha value is -3.73. The molecule has 1 aliphatic rings. The molecular weight excluding hydrogens is 463 g/mol. The fraction of sp³-hybridized carbons (Fsp3) is 0.333. The first-order valence-electron chi connectivity index (χ1n) is 11.1. The number of nitrogens with one attached hydrogen (secondary N) is 1. The second kappa shape index (κ2) is 8.81. The zero-order valence-electron chi connectivity index (χ0n) is 19.1. The summed E-state index contributed by atoms with van der Waals surface area (Å²) in [6.07, 6.45) is -0.449. The predicted octanol–water partition coefficient (Wildman–Crippen LogP) is 4.83. The quantitative estimate of drug-likeness (QED) is 0.376. The van der Waals surface area contributed by atoms with Crippen LogP contribution in [0.1, 0.15) is 30.5 Å². The number of fused-ring (bicyclic) bond motifs is 3. The molecule has 35 heavy (non-hydrogen) atoms. The normalized spacial score (nSPS) is 17.1. The lowest BCUT2D eigenvalue weighted by atomic mass is 10.0. The first-order valence-corrected chi connectivity index (χ1v) is 11.1. The predicted molar refractivity (Wildman–Crippen MR) is 125 cm³/mol. The van der Waals surface area contributed by atoms with Gasteiger partial charge < -0.3 is 25.3 Å². The van der Waals surface area contributed by atoms with Crippen LogP contribution >= 0.6 is 0 Å². The molecule has 11 heteroatoms. The molecule has 5 rings (SSSR count). The van der Waals surface area contributed by atoms with E-state index >= 15 is 0 Å². The van der Waals surface area contributed by atoms with Gasteiger partial charge in [0.05, 0.1) is 37.4 Å². The van der Waals surface area contributed by atoms with E-state index in [2.05, 4.69) is 15.3 Å². The van der Waals surface area contributed by atoms with Crippen LogP contribution < -0.4 is 20.5 Å². The van der Waals surface area contributed by atoms with Crippen LogP contribution in [0.4, 0.5) is 24.7 Å². The highest BCUT2D eigenvalue weighted by Crippen LogP contribution is 2.38. The molecule has 2 unspecified atom stereocenters. The smallest absolute Gasteiger partial charge is 0.416 e. The molecule has 2 aromatic heterocycles. The molecule has 0 amide bonds. The van der Waals surface area contributed by atoms with Gasteiger partial charge in [-0.3, -0.25) is 4.40 Å². The third-order valence-electron chi connectivity index (χ3n) is 5.97. The van der Waals surface area contributed by atoms with Crippen LogP contribution in [0, 0.1) is 0 Å². The number of methoxy groups -OCH3 is 1. The van der Waals surface area contributed by atoms with E-state index in [1.165, 1.54) is 6.07 Å². The lowest BCUT2D eigenvalue weighted by Gasteiger charge is -2.20. The zero-order chi connectivity index (χ0) is 24.7. The Balaban J connectivity index is 1.59. The van der Waals surface area contributed by atoms with Crippen molar-refractivity contribution in [2.24, 2.45) is 0 Å². The summed E-state index contributed by atoms with van der Waals surface area (Å²) in [7, 11) is 1.56. The number of hydrogen-bond acceptors (Lipinski definition) is 7. The van der Waals surface area contributed by atoms with E-state index in [0.29, 0.717) is 47.3 Å². The fourth-order valence-electron chi connectivity index (χ4n) is 4.19. The highest BCUT2D eigenvalue weighted by molar-refractivity contribution is 5.94. The summed E-state index contributed by atoms with van der Waals surface area (Å²) in [5.41, 5.74) is 6.12. The van der Waals surface area contributed by atoms with Crippen LogP contribution in [0.3, 0.4) is 0 Å². The van der Waals surface area contributed by atoms with Crippen LogP contribution in [0.5, 0.6) is 11.5 Å². The number of alkyl halides is 3. The van der Waals surface area contributed by atoms with Gasteiger partial charge in [0.1, 0.15) is 11.9 Å². The van der Waals surface area contributed by atoms with Crippen molar-refractivity contribution in [3.63, 3.8) is 0 Å². The standard InChI is InChI=1S/C24H24F3N5O3/c1-13(14-7-15(24(25,26)27)9-16(28)8-14)30-22-18-10-21(35-17-3-6-34-12-17)20(33-2)11-19(18)32-5-4-29-23(32)31-22/h4-5,7-11,13,17H,3,6,12,28H2,1-2H3,(H,29,30,31). The molecule has 0 bridgehead atoms. The first-order chi connectivity index (χ1) is 16.7. The average Bonchev–Trinajstić information content (AvgIpc) is 3.50. The van der Waals surface area contributed by atoms with Crippen LogP contribution in [0.15, 0.2) is 42.7 Å². The van der Waals surface area contributed by atoms with Crippen LogP contribution in [0.2, 0.25) is 0 Å². The first kappa shape index (κ1) is 23.0. The maximum absolute atomic E-state index is 13.3. The summed E-state index contributed by atoms with van der Waals surface area (Å²) < 4.78 is 58.9. The number of ether oxygens (including phenoxy) is 3. The van der Waals surface area contributed by atoms with Gasteiger partial charge in [0.2, 0.25) is 5.78 Å². The van der Waals surface area contributed by atoms with Crippen molar-refractivity contribution in [2.75, 3.05) is 31.4 Å². The summed E-state index contributed by atoms with van der Waals surface area (Å²) in [4.78, 5) is 8.90. The van der Waals surface area contributed by atoms with Crippen molar-refractivity contribution in [3.05, 3.63) is 53.9 Å². The van der Waals surface area contributed by atoms with E-state index in [1.54, 1.807) is 30.8 Å². The molecule has 1 fully saturated rings. The molecule has 3 heterocycles. The number of anilines is 2. The number of nitrogen functional groups attached to an aromatic ring is 1. The summed E-state index contributed by atoms with van der Waals surface area (Å²) >= 11 is 0. The number of nitrogens with two attached hydrogens (primary N) is 1. The topological polar surface area (TPSA) is 95.9 Å². The Morgan fingerprint density at radius 1 is 1.20 bits per heavy atom. The molecular formula is C24H24F3N5O3. The monoisotopic (exact) mass is 487 g/mol. The second-order valence-electron chi connectivity index (χ2n) is 8.43. The van der Waals surface area contributed by atoms with Crippen molar-refractivity contribution in [3.8, 4) is 11.5 Å². The molecule has 184 valence electrons. The molecule has 0 radical (unpaired) electrons. The summed E-state index contributed by atoms with van der Waals surface area (Å²) in [5, 5.41) is 3.93. The molecule has 2 aromatic carbocycles. The Labute approximate surface area is 198 Å². The Bertz CT molecular complexity index is 1380. The van der Waals surface area contributed by atoms with E-state index in [4.69, 9.17) is 19.9 Å². The van der Waals surface area contributed by atoms with Gasteiger partial charge in [0.25, 0.3) is 0 Å². The Morgan fingerprint density at radius 3 is 2.74 bits per heavy atom. The second-order valence-corrected chi connectivity index (χ2v) is 8.43. The van der Waals surface area contributed by atoms with Crippen LogP contribution in [0.25, 0.3) is 16.7 Å². The third-order valence-corrected chi connectivity index (χ3v) is 5.97. The number of halogens is 3. The van der Waals surface area contributed by atoms with E-state index < -0.39 is 17.8 Å². The molecule has 0 saturated carbocycles. The molecule has 1 aliphatic heterocycles. The SMILES string of the molecule is COc1cc2c(cc1OC1CCOC1)c(NC(C)c1cc(N)cc(C(F)(F)F)c1)nc1nccn12. The Morgan fingerprint density at radius 2 is 2.03 bits per heavy atom. The van der Waals surface area contributed by atoms with Gasteiger partial charge in [-0.2, -0.15) is 18.2 Å². The molecule has 3 N–H and O–H groups in total. The summed E-state index contributed by atoms with van der Waals surface area (Å²) in [5.74, 6) is 1.93. The van der Waals surface area contributed by atoms with Gasteiger partial charge in [-0.15, -0.1) is 0 Å². The lowest BCUT2D eigenvalue weighted by molar-refractivity contribution is -0.137. The van der Waals surface area contributed by atoms with Crippen molar-refractivity contribution in [1.82, 2.24) is 14.4 Å². The number of imidazole rings is 1. The third kappa shape index (κ3) is 4.51. The highest BCUT2D eigenvalue weighted by Gasteiger charge is 2.31. The van der Waals surface area contributed by atoms with Gasteiger partial charge in [0, 0.05) is 36.0 Å². The van der Waals surface area contributed by atoms with Crippen molar-refractivity contribution < 1.29 is 27.4 Å². The zero-order valence-corrected chi connectivity index (χ0v) is 19.1. The van der Waals surface area contributed by atoms with Crippen LogP contribution in [-0.4, -0.2) is 40.8 Å². The molecule has 0 aliphatic carbocycles. The van der Waals surface area contributed by atoms with E-state index in [-0.39, 0.29) is 11.8 Å². The number of benzene rings is 2. The van der Waals surface area contributed by atoms with E-state index in [1.807, 2.05) is 12.1 Å². The van der Waals surface area contributed by atoms with E-state index in [9.17, 15) is 13.2 Å². The minimum absolute atomic E-state index is 0.0317. The number of rotatable bonds is 6. The highest BCUT2D eigenvalue weighted by atomic mass is 19.4. The van der Waals surface area contributed by atoms with Gasteiger partial charge in [-0.1, -0.05) is 0 Å². The van der Waals surface area contributed by atoms with Crippen molar-refractivity contribution in [2.45, 2.75) is 31.7 Å². The molecule has 2 atom stereocenters. The molecule has 8 nitrogen and oxygen atoms in total. The largest absolute Gasteiger partial charge is 0.493 e. The summed E-state index contributed by atoms with van der Waals surface area (Å²) in [6, 6.07) is 6.62. The van der Waals surface area contributed by atoms with Crippen molar-refractivity contribution in [1.29, 1.82) is 0 Å². The van der Waals surface area contributed by atoms with E-state index in [0.717, 1.165) is 24.1 Å². The maximum Gasteiger partial charge on any atom is 0.416 e. The maximum atomic E-state index is 13.3. The van der Waals surface area contributed by atoms with Crippen LogP contribution in [-0.2, 0) is 10.9 Å². The number of nitrogens with zero attached hydrogens (tertiary/aromatic N) is 3. The number of hydrogen-bond donors (Lipinski definition) is 2. The lowest BCUT2D eigenvalue weighted by Crippen LogP contribution is -2.16. The fourth-order valence-corrected chi connectivity index (χ4v) is 4.19. The minimum Gasteiger partial charge on any atom is -0.493 e. The van der Waals surface area contributed by atoms with Crippen molar-refractivity contribution >= 4 is 28.2 Å². The Kier molecular flexibility index (Phi) is 5.79. The minimum atomic E-state index is -4.50. The average molecular weight is 487 g/mol. The molecule has 1 saturated heterocycles. The van der Waals surface area contributed by atoms with Gasteiger partial charge in [0.15, 0.2) is 11.5 Å². The summed E-state index contributed by atoms with van der Waals surface area (Å²) in [6.45, 7) is 2.86. The molecule has 0 spiro atoms.